The van der Waals surface area contributed by atoms with Gasteiger partial charge in [0.1, 0.15) is 0 Å². The van der Waals surface area contributed by atoms with Crippen molar-refractivity contribution in [3.05, 3.63) is 121 Å². The van der Waals surface area contributed by atoms with Gasteiger partial charge < -0.3 is 5.32 Å². The summed E-state index contributed by atoms with van der Waals surface area (Å²) in [6.45, 7) is 0. The SMILES string of the molecule is c1ccc(-c2ccccc2Nc2ccccc2-c2ccc(C3CC4CCC3C4)c3ccccc23)cc1. The number of para-hydroxylation sites is 2. The summed E-state index contributed by atoms with van der Waals surface area (Å²) in [7, 11) is 0. The molecule has 0 aliphatic heterocycles. The van der Waals surface area contributed by atoms with E-state index in [1.54, 1.807) is 5.56 Å². The molecule has 2 bridgehead atoms. The Morgan fingerprint density at radius 3 is 1.92 bits per heavy atom. The molecule has 2 aliphatic carbocycles. The molecule has 7 rings (SSSR count). The maximum Gasteiger partial charge on any atom is 0.0464 e. The Kier molecular flexibility index (Phi) is 5.35. The van der Waals surface area contributed by atoms with Gasteiger partial charge in [-0.3, -0.25) is 0 Å². The van der Waals surface area contributed by atoms with Gasteiger partial charge in [-0.15, -0.1) is 0 Å². The topological polar surface area (TPSA) is 12.0 Å². The average molecular weight is 466 g/mol. The Morgan fingerprint density at radius 2 is 1.17 bits per heavy atom. The summed E-state index contributed by atoms with van der Waals surface area (Å²) in [5.74, 6) is 2.56. The lowest BCUT2D eigenvalue weighted by Gasteiger charge is -2.25. The van der Waals surface area contributed by atoms with Crippen LogP contribution >= 0.6 is 0 Å². The molecule has 2 aliphatic rings. The monoisotopic (exact) mass is 465 g/mol. The van der Waals surface area contributed by atoms with Gasteiger partial charge in [-0.2, -0.15) is 0 Å². The first-order chi connectivity index (χ1) is 17.8. The van der Waals surface area contributed by atoms with Crippen LogP contribution in [0.1, 0.15) is 37.2 Å². The quantitative estimate of drug-likeness (QED) is 0.272. The van der Waals surface area contributed by atoms with Crippen molar-refractivity contribution in [1.29, 1.82) is 0 Å². The second-order valence-corrected chi connectivity index (χ2v) is 10.6. The minimum atomic E-state index is 0.730. The highest BCUT2D eigenvalue weighted by molar-refractivity contribution is 6.02. The third-order valence-electron chi connectivity index (χ3n) is 8.59. The van der Waals surface area contributed by atoms with Gasteiger partial charge in [-0.05, 0) is 76.6 Å². The highest BCUT2D eigenvalue weighted by atomic mass is 14.9. The van der Waals surface area contributed by atoms with Gasteiger partial charge in [0, 0.05) is 22.5 Å². The highest BCUT2D eigenvalue weighted by Gasteiger charge is 2.40. The molecule has 1 nitrogen and oxygen atoms in total. The first-order valence-corrected chi connectivity index (χ1v) is 13.4. The molecule has 3 atom stereocenters. The lowest BCUT2D eigenvalue weighted by molar-refractivity contribution is 0.422. The number of nitrogens with one attached hydrogen (secondary N) is 1. The van der Waals surface area contributed by atoms with Crippen LogP contribution in [-0.2, 0) is 0 Å². The van der Waals surface area contributed by atoms with Crippen molar-refractivity contribution in [2.75, 3.05) is 5.32 Å². The van der Waals surface area contributed by atoms with E-state index in [1.165, 1.54) is 58.7 Å². The molecule has 0 saturated heterocycles. The van der Waals surface area contributed by atoms with Gasteiger partial charge in [-0.1, -0.05) is 110 Å². The second kappa shape index (κ2) is 8.99. The van der Waals surface area contributed by atoms with Gasteiger partial charge >= 0.3 is 0 Å². The first kappa shape index (κ1) is 21.4. The number of benzene rings is 5. The summed E-state index contributed by atoms with van der Waals surface area (Å²) in [6, 6.07) is 41.8. The van der Waals surface area contributed by atoms with Crippen molar-refractivity contribution >= 4 is 22.1 Å². The molecular formula is C35H31N. The van der Waals surface area contributed by atoms with Gasteiger partial charge in [0.25, 0.3) is 0 Å². The Morgan fingerprint density at radius 1 is 0.500 bits per heavy atom. The molecule has 3 unspecified atom stereocenters. The molecule has 1 heteroatoms. The van der Waals surface area contributed by atoms with Crippen LogP contribution < -0.4 is 5.32 Å². The molecule has 5 aromatic carbocycles. The normalized spacial score (nSPS) is 20.6. The van der Waals surface area contributed by atoms with Crippen LogP contribution in [0.5, 0.6) is 0 Å². The summed E-state index contributed by atoms with van der Waals surface area (Å²) in [4.78, 5) is 0. The lowest BCUT2D eigenvalue weighted by atomic mass is 9.80. The van der Waals surface area contributed by atoms with Crippen LogP contribution in [0, 0.1) is 11.8 Å². The number of anilines is 2. The Labute approximate surface area is 213 Å². The van der Waals surface area contributed by atoms with E-state index in [2.05, 4.69) is 121 Å². The largest absolute Gasteiger partial charge is 0.355 e. The molecule has 0 aromatic heterocycles. The lowest BCUT2D eigenvalue weighted by Crippen LogP contribution is -2.09. The molecule has 176 valence electrons. The standard InChI is InChI=1S/C35H31N/c1-2-10-25(11-3-1)27-12-6-8-16-34(27)36-35-17-9-7-15-32(35)30-20-21-31(29-14-5-4-13-28(29)30)33-23-24-18-19-26(33)22-24/h1-17,20-21,24,26,33,36H,18-19,22-23H2. The van der Waals surface area contributed by atoms with Gasteiger partial charge in [-0.25, -0.2) is 0 Å². The fraction of sp³-hybridized carbons (Fsp3) is 0.200. The molecule has 0 heterocycles. The van der Waals surface area contributed by atoms with E-state index in [1.807, 2.05) is 0 Å². The van der Waals surface area contributed by atoms with Crippen molar-refractivity contribution < 1.29 is 0 Å². The predicted molar refractivity (Wildman–Crippen MR) is 153 cm³/mol. The van der Waals surface area contributed by atoms with Crippen LogP contribution in [0.3, 0.4) is 0 Å². The summed E-state index contributed by atoms with van der Waals surface area (Å²) >= 11 is 0. The summed E-state index contributed by atoms with van der Waals surface area (Å²) in [5.41, 5.74) is 8.82. The zero-order chi connectivity index (χ0) is 23.9. The molecule has 0 spiro atoms. The number of rotatable bonds is 5. The zero-order valence-electron chi connectivity index (χ0n) is 20.5. The van der Waals surface area contributed by atoms with E-state index in [-0.39, 0.29) is 0 Å². The van der Waals surface area contributed by atoms with E-state index >= 15 is 0 Å². The minimum Gasteiger partial charge on any atom is -0.355 e. The van der Waals surface area contributed by atoms with E-state index in [0.29, 0.717) is 0 Å². The fourth-order valence-corrected chi connectivity index (χ4v) is 6.94. The fourth-order valence-electron chi connectivity index (χ4n) is 6.94. The van der Waals surface area contributed by atoms with Crippen LogP contribution in [0.25, 0.3) is 33.0 Å². The van der Waals surface area contributed by atoms with Crippen LogP contribution in [0.15, 0.2) is 115 Å². The highest BCUT2D eigenvalue weighted by Crippen LogP contribution is 2.54. The van der Waals surface area contributed by atoms with Crippen LogP contribution in [0.4, 0.5) is 11.4 Å². The molecular weight excluding hydrogens is 434 g/mol. The Hall–Kier alpha value is -3.84. The average Bonchev–Trinajstić information content (AvgIpc) is 3.58. The van der Waals surface area contributed by atoms with Gasteiger partial charge in [0.2, 0.25) is 0 Å². The van der Waals surface area contributed by atoms with Crippen LogP contribution in [0.2, 0.25) is 0 Å². The van der Waals surface area contributed by atoms with E-state index < -0.39 is 0 Å². The molecule has 36 heavy (non-hydrogen) atoms. The molecule has 2 saturated carbocycles. The number of hydrogen-bond donors (Lipinski definition) is 1. The van der Waals surface area contributed by atoms with Crippen molar-refractivity contribution in [1.82, 2.24) is 0 Å². The molecule has 5 aromatic rings. The maximum atomic E-state index is 3.79. The molecule has 2 fully saturated rings. The number of fused-ring (bicyclic) bond motifs is 3. The van der Waals surface area contributed by atoms with Crippen molar-refractivity contribution in [2.45, 2.75) is 31.6 Å². The van der Waals surface area contributed by atoms with Gasteiger partial charge in [0.05, 0.1) is 0 Å². The third-order valence-corrected chi connectivity index (χ3v) is 8.59. The number of hydrogen-bond acceptors (Lipinski definition) is 1. The summed E-state index contributed by atoms with van der Waals surface area (Å²) in [5, 5.41) is 6.60. The Bertz CT molecular complexity index is 1530. The van der Waals surface area contributed by atoms with Crippen molar-refractivity contribution in [3.63, 3.8) is 0 Å². The smallest absolute Gasteiger partial charge is 0.0464 e. The molecule has 1 N–H and O–H groups in total. The summed E-state index contributed by atoms with van der Waals surface area (Å²) < 4.78 is 0. The van der Waals surface area contributed by atoms with E-state index in [4.69, 9.17) is 0 Å². The first-order valence-electron chi connectivity index (χ1n) is 13.4. The zero-order valence-corrected chi connectivity index (χ0v) is 20.5. The van der Waals surface area contributed by atoms with Crippen molar-refractivity contribution in [3.8, 4) is 22.3 Å². The Balaban J connectivity index is 1.32. The van der Waals surface area contributed by atoms with Gasteiger partial charge in [0.15, 0.2) is 0 Å². The molecule has 0 amide bonds. The predicted octanol–water partition coefficient (Wildman–Crippen LogP) is 9.82. The third kappa shape index (κ3) is 3.71. The van der Waals surface area contributed by atoms with E-state index in [0.717, 1.165) is 29.1 Å². The van der Waals surface area contributed by atoms with Crippen LogP contribution in [-0.4, -0.2) is 0 Å². The van der Waals surface area contributed by atoms with Crippen molar-refractivity contribution in [2.24, 2.45) is 11.8 Å². The molecule has 0 radical (unpaired) electrons. The maximum absolute atomic E-state index is 3.79. The second-order valence-electron chi connectivity index (χ2n) is 10.6. The minimum absolute atomic E-state index is 0.730. The van der Waals surface area contributed by atoms with E-state index in [9.17, 15) is 0 Å². The summed E-state index contributed by atoms with van der Waals surface area (Å²) in [6.07, 6.45) is 5.68.